The van der Waals surface area contributed by atoms with Crippen LogP contribution in [-0.2, 0) is 10.0 Å². The lowest BCUT2D eigenvalue weighted by Crippen LogP contribution is -2.25. The summed E-state index contributed by atoms with van der Waals surface area (Å²) in [6.45, 7) is 7.21. The summed E-state index contributed by atoms with van der Waals surface area (Å²) in [5.74, 6) is -1.14. The number of benzene rings is 1. The van der Waals surface area contributed by atoms with Crippen molar-refractivity contribution in [2.45, 2.75) is 32.6 Å². The molecule has 0 unspecified atom stereocenters. The Bertz CT molecular complexity index is 656. The first-order chi connectivity index (χ1) is 9.15. The molecule has 0 aliphatic rings. The average molecular weight is 297 g/mol. The average Bonchev–Trinajstić information content (AvgIpc) is 2.26. The van der Waals surface area contributed by atoms with Crippen LogP contribution in [0.1, 0.15) is 35.3 Å². The first kappa shape index (κ1) is 16.4. The van der Waals surface area contributed by atoms with Crippen molar-refractivity contribution in [2.24, 2.45) is 0 Å². The maximum atomic E-state index is 12.2. The van der Waals surface area contributed by atoms with Gasteiger partial charge in [-0.15, -0.1) is 0 Å². The van der Waals surface area contributed by atoms with E-state index in [1.54, 1.807) is 26.0 Å². The molecule has 5 nitrogen and oxygen atoms in total. The molecule has 0 saturated heterocycles. The van der Waals surface area contributed by atoms with Crippen molar-refractivity contribution in [1.29, 1.82) is 0 Å². The Labute approximate surface area is 119 Å². The number of hydrogen-bond donors (Lipinski definition) is 2. The fourth-order valence-corrected chi connectivity index (χ4v) is 3.00. The molecule has 0 heterocycles. The van der Waals surface area contributed by atoms with E-state index in [0.717, 1.165) is 5.57 Å². The molecule has 0 saturated carbocycles. The first-order valence-corrected chi connectivity index (χ1v) is 7.61. The van der Waals surface area contributed by atoms with Crippen LogP contribution in [0, 0.1) is 13.8 Å². The zero-order valence-electron chi connectivity index (χ0n) is 12.0. The minimum Gasteiger partial charge on any atom is -0.478 e. The quantitative estimate of drug-likeness (QED) is 0.816. The van der Waals surface area contributed by atoms with Crippen LogP contribution in [0.15, 0.2) is 28.7 Å². The molecule has 2 N–H and O–H groups in total. The van der Waals surface area contributed by atoms with E-state index in [4.69, 9.17) is 5.11 Å². The fraction of sp³-hybridized carbons (Fsp3) is 0.357. The first-order valence-electron chi connectivity index (χ1n) is 6.12. The molecule has 0 aliphatic heterocycles. The van der Waals surface area contributed by atoms with E-state index in [2.05, 4.69) is 4.72 Å². The zero-order valence-corrected chi connectivity index (χ0v) is 12.8. The van der Waals surface area contributed by atoms with Crippen molar-refractivity contribution >= 4 is 16.0 Å². The van der Waals surface area contributed by atoms with Gasteiger partial charge >= 0.3 is 5.97 Å². The van der Waals surface area contributed by atoms with Gasteiger partial charge < -0.3 is 5.11 Å². The molecule has 6 heteroatoms. The second-order valence-corrected chi connectivity index (χ2v) is 6.61. The van der Waals surface area contributed by atoms with E-state index in [9.17, 15) is 13.2 Å². The van der Waals surface area contributed by atoms with Gasteiger partial charge in [-0.1, -0.05) is 17.7 Å². The smallest absolute Gasteiger partial charge is 0.335 e. The van der Waals surface area contributed by atoms with E-state index in [1.807, 2.05) is 13.8 Å². The van der Waals surface area contributed by atoms with Gasteiger partial charge in [-0.05, 0) is 44.9 Å². The Balaban J connectivity index is 3.21. The van der Waals surface area contributed by atoms with Crippen LogP contribution < -0.4 is 4.72 Å². The van der Waals surface area contributed by atoms with Crippen LogP contribution in [0.2, 0.25) is 0 Å². The number of sulfonamides is 1. The Morgan fingerprint density at radius 2 is 1.85 bits per heavy atom. The third-order valence-electron chi connectivity index (χ3n) is 2.83. The highest BCUT2D eigenvalue weighted by Gasteiger charge is 2.19. The number of carboxylic acid groups (broad SMARTS) is 1. The predicted octanol–water partition coefficient (Wildman–Crippen LogP) is 2.25. The van der Waals surface area contributed by atoms with Gasteiger partial charge in [-0.3, -0.25) is 0 Å². The Morgan fingerprint density at radius 3 is 2.35 bits per heavy atom. The summed E-state index contributed by atoms with van der Waals surface area (Å²) in [5, 5.41) is 9.07. The summed E-state index contributed by atoms with van der Waals surface area (Å²) in [6.07, 6.45) is 1.75. The van der Waals surface area contributed by atoms with Crippen LogP contribution in [0.25, 0.3) is 0 Å². The minimum absolute atomic E-state index is 0.00168. The zero-order chi connectivity index (χ0) is 15.5. The molecule has 0 aliphatic carbocycles. The second kappa shape index (κ2) is 6.19. The number of nitrogens with one attached hydrogen (secondary N) is 1. The van der Waals surface area contributed by atoms with Crippen LogP contribution in [0.3, 0.4) is 0 Å². The maximum Gasteiger partial charge on any atom is 0.335 e. The molecule has 0 aromatic heterocycles. The van der Waals surface area contributed by atoms with Gasteiger partial charge in [0.2, 0.25) is 10.0 Å². The van der Waals surface area contributed by atoms with Gasteiger partial charge in [0, 0.05) is 6.54 Å². The number of aromatic carboxylic acids is 1. The lowest BCUT2D eigenvalue weighted by atomic mass is 10.1. The molecule has 110 valence electrons. The molecule has 0 bridgehead atoms. The third-order valence-corrected chi connectivity index (χ3v) is 4.39. The number of carbonyl (C=O) groups is 1. The molecule has 0 spiro atoms. The molecule has 0 radical (unpaired) electrons. The van der Waals surface area contributed by atoms with Crippen molar-refractivity contribution in [2.75, 3.05) is 6.54 Å². The number of rotatable bonds is 5. The van der Waals surface area contributed by atoms with Crippen molar-refractivity contribution < 1.29 is 18.3 Å². The summed E-state index contributed by atoms with van der Waals surface area (Å²) in [5.41, 5.74) is 2.06. The van der Waals surface area contributed by atoms with Crippen LogP contribution in [0.4, 0.5) is 0 Å². The van der Waals surface area contributed by atoms with Gasteiger partial charge in [0.1, 0.15) is 0 Å². The molecular weight excluding hydrogens is 278 g/mol. The van der Waals surface area contributed by atoms with Crippen LogP contribution in [-0.4, -0.2) is 26.0 Å². The van der Waals surface area contributed by atoms with Crippen molar-refractivity contribution in [3.63, 3.8) is 0 Å². The number of aryl methyl sites for hydroxylation is 2. The highest BCUT2D eigenvalue weighted by molar-refractivity contribution is 7.89. The minimum atomic E-state index is -3.72. The van der Waals surface area contributed by atoms with Crippen LogP contribution >= 0.6 is 0 Å². The SMILES string of the molecule is CC(C)=CCNS(=O)(=O)c1cc(C(=O)O)c(C)cc1C. The van der Waals surface area contributed by atoms with Crippen LogP contribution in [0.5, 0.6) is 0 Å². The number of carboxylic acids is 1. The lowest BCUT2D eigenvalue weighted by molar-refractivity contribution is 0.0696. The van der Waals surface area contributed by atoms with Gasteiger partial charge in [0.05, 0.1) is 10.5 Å². The lowest BCUT2D eigenvalue weighted by Gasteiger charge is -2.11. The summed E-state index contributed by atoms with van der Waals surface area (Å²) < 4.78 is 26.8. The van der Waals surface area contributed by atoms with Gasteiger partial charge in [0.25, 0.3) is 0 Å². The normalized spacial score (nSPS) is 11.2. The standard InChI is InChI=1S/C14H19NO4S/c1-9(2)5-6-15-20(18,19)13-8-12(14(16)17)10(3)7-11(13)4/h5,7-8,15H,6H2,1-4H3,(H,16,17). The molecule has 1 rings (SSSR count). The van der Waals surface area contributed by atoms with Crippen molar-refractivity contribution in [3.05, 3.63) is 40.5 Å². The van der Waals surface area contributed by atoms with E-state index >= 15 is 0 Å². The molecule has 0 atom stereocenters. The number of hydrogen-bond acceptors (Lipinski definition) is 3. The monoisotopic (exact) mass is 297 g/mol. The van der Waals surface area contributed by atoms with Gasteiger partial charge in [-0.2, -0.15) is 0 Å². The molecular formula is C14H19NO4S. The van der Waals surface area contributed by atoms with Gasteiger partial charge in [-0.25, -0.2) is 17.9 Å². The fourth-order valence-electron chi connectivity index (χ4n) is 1.79. The largest absolute Gasteiger partial charge is 0.478 e. The molecule has 1 aromatic carbocycles. The second-order valence-electron chi connectivity index (χ2n) is 4.87. The van der Waals surface area contributed by atoms with Gasteiger partial charge in [0.15, 0.2) is 0 Å². The summed E-state index contributed by atoms with van der Waals surface area (Å²) in [7, 11) is -3.72. The summed E-state index contributed by atoms with van der Waals surface area (Å²) >= 11 is 0. The van der Waals surface area contributed by atoms with E-state index < -0.39 is 16.0 Å². The highest BCUT2D eigenvalue weighted by Crippen LogP contribution is 2.20. The van der Waals surface area contributed by atoms with Crippen molar-refractivity contribution in [3.8, 4) is 0 Å². The Morgan fingerprint density at radius 1 is 1.25 bits per heavy atom. The predicted molar refractivity (Wildman–Crippen MR) is 77.5 cm³/mol. The molecule has 0 fully saturated rings. The third kappa shape index (κ3) is 3.91. The molecule has 1 aromatic rings. The van der Waals surface area contributed by atoms with Crippen molar-refractivity contribution in [1.82, 2.24) is 4.72 Å². The Hall–Kier alpha value is -1.66. The van der Waals surface area contributed by atoms with E-state index in [-0.39, 0.29) is 17.0 Å². The molecule has 20 heavy (non-hydrogen) atoms. The van der Waals surface area contributed by atoms with E-state index in [0.29, 0.717) is 11.1 Å². The summed E-state index contributed by atoms with van der Waals surface area (Å²) in [6, 6.07) is 2.77. The molecule has 0 amide bonds. The topological polar surface area (TPSA) is 83.5 Å². The summed E-state index contributed by atoms with van der Waals surface area (Å²) in [4.78, 5) is 11.1. The maximum absolute atomic E-state index is 12.2. The van der Waals surface area contributed by atoms with E-state index in [1.165, 1.54) is 6.07 Å². The number of allylic oxidation sites excluding steroid dienone is 1. The highest BCUT2D eigenvalue weighted by atomic mass is 32.2. The Kier molecular flexibility index (Phi) is 5.08.